The molecule has 1 aromatic carbocycles. The van der Waals surface area contributed by atoms with Crippen LogP contribution in [0.1, 0.15) is 6.92 Å². The molecule has 6 heteroatoms. The largest absolute Gasteiger partial charge is 0.469 e. The Hall–Kier alpha value is -2.20. The second kappa shape index (κ2) is 3.18. The molecular weight excluding hydrogens is 196 g/mol. The van der Waals surface area contributed by atoms with E-state index in [9.17, 15) is 4.79 Å². The summed E-state index contributed by atoms with van der Waals surface area (Å²) in [5.41, 5.74) is 7.41. The average molecular weight is 204 g/mol. The first-order valence-corrected chi connectivity index (χ1v) is 4.31. The molecule has 0 aliphatic carbocycles. The van der Waals surface area contributed by atoms with Crippen molar-refractivity contribution in [1.29, 1.82) is 0 Å². The Kier molecular flexibility index (Phi) is 1.98. The minimum absolute atomic E-state index is 0.473. The highest BCUT2D eigenvalue weighted by molar-refractivity contribution is 6.00. The first kappa shape index (κ1) is 9.36. The van der Waals surface area contributed by atoms with E-state index in [2.05, 4.69) is 15.3 Å². The fourth-order valence-corrected chi connectivity index (χ4v) is 1.31. The minimum Gasteiger partial charge on any atom is -0.469 e. The molecule has 1 heterocycles. The van der Waals surface area contributed by atoms with Gasteiger partial charge < -0.3 is 10.1 Å². The molecule has 6 nitrogen and oxygen atoms in total. The molecule has 1 aliphatic heterocycles. The number of anilines is 1. The van der Waals surface area contributed by atoms with Gasteiger partial charge in [-0.2, -0.15) is 0 Å². The Morgan fingerprint density at radius 2 is 2.27 bits per heavy atom. The van der Waals surface area contributed by atoms with Crippen LogP contribution in [0.15, 0.2) is 29.4 Å². The zero-order chi connectivity index (χ0) is 10.9. The van der Waals surface area contributed by atoms with Gasteiger partial charge >= 0.3 is 0 Å². The predicted octanol–water partition coefficient (Wildman–Crippen LogP) is 2.04. The monoisotopic (exact) mass is 204 g/mol. The maximum absolute atomic E-state index is 11.6. The van der Waals surface area contributed by atoms with Gasteiger partial charge in [-0.05, 0) is 29.7 Å². The van der Waals surface area contributed by atoms with E-state index in [1.165, 1.54) is 6.92 Å². The first-order valence-electron chi connectivity index (χ1n) is 4.31. The van der Waals surface area contributed by atoms with Crippen LogP contribution in [0.5, 0.6) is 5.75 Å². The van der Waals surface area contributed by atoms with E-state index in [0.29, 0.717) is 11.4 Å². The lowest BCUT2D eigenvalue weighted by Gasteiger charge is -2.30. The van der Waals surface area contributed by atoms with Gasteiger partial charge in [-0.25, -0.2) is 0 Å². The summed E-state index contributed by atoms with van der Waals surface area (Å²) in [7, 11) is 0. The molecule has 2 rings (SSSR count). The second-order valence-electron chi connectivity index (χ2n) is 3.22. The number of ether oxygens (including phenoxy) is 1. The van der Waals surface area contributed by atoms with Gasteiger partial charge in [0.1, 0.15) is 5.75 Å². The van der Waals surface area contributed by atoms with E-state index in [0.717, 1.165) is 0 Å². The third kappa shape index (κ3) is 1.47. The minimum atomic E-state index is -1.51. The average Bonchev–Trinajstić information content (AvgIpc) is 2.20. The van der Waals surface area contributed by atoms with Crippen molar-refractivity contribution < 1.29 is 9.53 Å². The standard InChI is InChI=1S/C9H8N4O2/c1-9(12-13-10)8(14)11-6-4-2-3-5-7(6)15-9/h2-5H,1H3,(H,11,14). The number of amides is 1. The smallest absolute Gasteiger partial charge is 0.274 e. The van der Waals surface area contributed by atoms with Gasteiger partial charge in [0.15, 0.2) is 0 Å². The van der Waals surface area contributed by atoms with Crippen LogP contribution in [0.2, 0.25) is 0 Å². The molecule has 1 atom stereocenters. The summed E-state index contributed by atoms with van der Waals surface area (Å²) in [6.45, 7) is 1.41. The van der Waals surface area contributed by atoms with Crippen molar-refractivity contribution in [2.75, 3.05) is 5.32 Å². The van der Waals surface area contributed by atoms with Crippen molar-refractivity contribution in [2.24, 2.45) is 5.11 Å². The fraction of sp³-hybridized carbons (Fsp3) is 0.222. The molecule has 76 valence electrons. The van der Waals surface area contributed by atoms with E-state index in [4.69, 9.17) is 10.3 Å². The van der Waals surface area contributed by atoms with Crippen molar-refractivity contribution in [3.8, 4) is 5.75 Å². The van der Waals surface area contributed by atoms with Gasteiger partial charge in [0.05, 0.1) is 5.69 Å². The molecule has 0 radical (unpaired) electrons. The summed E-state index contributed by atoms with van der Waals surface area (Å²) in [5, 5.41) is 5.95. The van der Waals surface area contributed by atoms with Crippen molar-refractivity contribution in [1.82, 2.24) is 0 Å². The Morgan fingerprint density at radius 3 is 3.00 bits per heavy atom. The molecule has 0 spiro atoms. The van der Waals surface area contributed by atoms with Crippen LogP contribution in [0.4, 0.5) is 5.69 Å². The zero-order valence-electron chi connectivity index (χ0n) is 7.97. The van der Waals surface area contributed by atoms with E-state index >= 15 is 0 Å². The topological polar surface area (TPSA) is 87.1 Å². The van der Waals surface area contributed by atoms with Crippen LogP contribution in [0, 0.1) is 0 Å². The summed E-state index contributed by atoms with van der Waals surface area (Å²) < 4.78 is 5.34. The summed E-state index contributed by atoms with van der Waals surface area (Å²) >= 11 is 0. The van der Waals surface area contributed by atoms with Gasteiger partial charge in [0, 0.05) is 4.91 Å². The van der Waals surface area contributed by atoms with Crippen LogP contribution in [-0.4, -0.2) is 11.6 Å². The Balaban J connectivity index is 2.46. The van der Waals surface area contributed by atoms with E-state index in [1.54, 1.807) is 24.3 Å². The summed E-state index contributed by atoms with van der Waals surface area (Å²) in [5.74, 6) is 0.0194. The quantitative estimate of drug-likeness (QED) is 0.431. The predicted molar refractivity (Wildman–Crippen MR) is 53.3 cm³/mol. The van der Waals surface area contributed by atoms with Crippen molar-refractivity contribution in [3.63, 3.8) is 0 Å². The lowest BCUT2D eigenvalue weighted by Crippen LogP contribution is -2.46. The van der Waals surface area contributed by atoms with Crippen LogP contribution in [0.25, 0.3) is 10.4 Å². The SMILES string of the molecule is CC1(N=[N+]=[N-])Oc2ccccc2NC1=O. The highest BCUT2D eigenvalue weighted by Crippen LogP contribution is 2.33. The highest BCUT2D eigenvalue weighted by atomic mass is 16.5. The number of benzene rings is 1. The molecule has 15 heavy (non-hydrogen) atoms. The zero-order valence-corrected chi connectivity index (χ0v) is 7.97. The number of para-hydroxylation sites is 2. The Labute approximate surface area is 85.5 Å². The van der Waals surface area contributed by atoms with Gasteiger partial charge in [-0.15, -0.1) is 0 Å². The number of azide groups is 1. The fourth-order valence-electron chi connectivity index (χ4n) is 1.31. The normalized spacial score (nSPS) is 23.1. The maximum atomic E-state index is 11.6. The summed E-state index contributed by atoms with van der Waals surface area (Å²) in [6.07, 6.45) is 0. The van der Waals surface area contributed by atoms with Crippen LogP contribution >= 0.6 is 0 Å². The van der Waals surface area contributed by atoms with Crippen molar-refractivity contribution in [3.05, 3.63) is 34.7 Å². The lowest BCUT2D eigenvalue weighted by molar-refractivity contribution is -0.130. The molecule has 1 aromatic rings. The maximum Gasteiger partial charge on any atom is 0.274 e. The van der Waals surface area contributed by atoms with Crippen molar-refractivity contribution in [2.45, 2.75) is 12.6 Å². The van der Waals surface area contributed by atoms with Gasteiger partial charge in [0.2, 0.25) is 0 Å². The van der Waals surface area contributed by atoms with Crippen LogP contribution < -0.4 is 10.1 Å². The molecule has 0 saturated heterocycles. The second-order valence-corrected chi connectivity index (χ2v) is 3.22. The molecular formula is C9H8N4O2. The molecule has 0 aromatic heterocycles. The number of rotatable bonds is 1. The highest BCUT2D eigenvalue weighted by Gasteiger charge is 2.39. The number of hydrogen-bond donors (Lipinski definition) is 1. The Morgan fingerprint density at radius 1 is 1.53 bits per heavy atom. The number of carbonyl (C=O) groups is 1. The number of fused-ring (bicyclic) bond motifs is 1. The number of hydrogen-bond acceptors (Lipinski definition) is 3. The number of nitrogens with one attached hydrogen (secondary N) is 1. The number of nitrogens with zero attached hydrogens (tertiary/aromatic N) is 3. The van der Waals surface area contributed by atoms with E-state index < -0.39 is 11.6 Å². The Bertz CT molecular complexity index is 467. The van der Waals surface area contributed by atoms with Gasteiger partial charge in [0.25, 0.3) is 11.6 Å². The van der Waals surface area contributed by atoms with E-state index in [1.807, 2.05) is 0 Å². The lowest BCUT2D eigenvalue weighted by atomic mass is 10.2. The molecule has 0 fully saturated rings. The molecule has 1 N–H and O–H groups in total. The van der Waals surface area contributed by atoms with E-state index in [-0.39, 0.29) is 0 Å². The summed E-state index contributed by atoms with van der Waals surface area (Å²) in [4.78, 5) is 14.2. The third-order valence-electron chi connectivity index (χ3n) is 2.10. The number of carbonyl (C=O) groups excluding carboxylic acids is 1. The van der Waals surface area contributed by atoms with Gasteiger partial charge in [-0.1, -0.05) is 12.1 Å². The van der Waals surface area contributed by atoms with Gasteiger partial charge in [-0.3, -0.25) is 4.79 Å². The molecule has 0 saturated carbocycles. The van der Waals surface area contributed by atoms with Crippen molar-refractivity contribution >= 4 is 11.6 Å². The third-order valence-corrected chi connectivity index (χ3v) is 2.10. The molecule has 0 bridgehead atoms. The molecule has 1 aliphatic rings. The van der Waals surface area contributed by atoms with Crippen LogP contribution in [-0.2, 0) is 4.79 Å². The molecule has 1 amide bonds. The summed E-state index contributed by atoms with van der Waals surface area (Å²) in [6, 6.07) is 6.95. The molecule has 1 unspecified atom stereocenters. The first-order chi connectivity index (χ1) is 7.15. The van der Waals surface area contributed by atoms with Crippen LogP contribution in [0.3, 0.4) is 0 Å².